The van der Waals surface area contributed by atoms with Crippen molar-refractivity contribution in [2.45, 2.75) is 31.4 Å². The predicted octanol–water partition coefficient (Wildman–Crippen LogP) is 2.63. The van der Waals surface area contributed by atoms with Crippen LogP contribution in [0.3, 0.4) is 0 Å². The molecule has 1 aromatic rings. The number of nitrogen functional groups attached to an aromatic ring is 1. The zero-order valence-corrected chi connectivity index (χ0v) is 12.5. The van der Waals surface area contributed by atoms with Crippen LogP contribution in [-0.4, -0.2) is 28.6 Å². The first kappa shape index (κ1) is 15.7. The first-order chi connectivity index (χ1) is 8.98. The predicted molar refractivity (Wildman–Crippen MR) is 81.7 cm³/mol. The lowest BCUT2D eigenvalue weighted by atomic mass is 10.0. The molecule has 0 fully saturated rings. The summed E-state index contributed by atoms with van der Waals surface area (Å²) in [5.41, 5.74) is 6.44. The number of nitrogens with two attached hydrogens (primary N) is 1. The molecule has 1 aromatic carbocycles. The highest BCUT2D eigenvalue weighted by atomic mass is 32.2. The van der Waals surface area contributed by atoms with Gasteiger partial charge < -0.3 is 16.2 Å². The van der Waals surface area contributed by atoms with Crippen molar-refractivity contribution in [1.82, 2.24) is 5.32 Å². The molecule has 0 bridgehead atoms. The van der Waals surface area contributed by atoms with E-state index in [1.54, 1.807) is 11.8 Å². The Morgan fingerprint density at radius 2 is 2.05 bits per heavy atom. The number of hydrogen-bond acceptors (Lipinski definition) is 4. The van der Waals surface area contributed by atoms with Crippen LogP contribution in [0.25, 0.3) is 0 Å². The Morgan fingerprint density at radius 3 is 2.58 bits per heavy atom. The lowest BCUT2D eigenvalue weighted by molar-refractivity contribution is 0.0949. The number of amides is 1. The molecule has 0 aromatic heterocycles. The molecule has 0 spiro atoms. The number of nitrogens with one attached hydrogen (secondary N) is 1. The Labute approximate surface area is 118 Å². The maximum atomic E-state index is 12.1. The van der Waals surface area contributed by atoms with E-state index in [-0.39, 0.29) is 16.4 Å². The molecule has 0 unspecified atom stereocenters. The zero-order valence-electron chi connectivity index (χ0n) is 11.7. The van der Waals surface area contributed by atoms with E-state index in [1.165, 1.54) is 18.2 Å². The van der Waals surface area contributed by atoms with Crippen LogP contribution in [0.5, 0.6) is 5.75 Å². The van der Waals surface area contributed by atoms with Crippen molar-refractivity contribution in [3.05, 3.63) is 23.8 Å². The van der Waals surface area contributed by atoms with Gasteiger partial charge in [0, 0.05) is 17.0 Å². The van der Waals surface area contributed by atoms with Crippen LogP contribution >= 0.6 is 11.8 Å². The van der Waals surface area contributed by atoms with Gasteiger partial charge in [-0.3, -0.25) is 4.79 Å². The molecular weight excluding hydrogens is 260 g/mol. The molecule has 0 heterocycles. The van der Waals surface area contributed by atoms with E-state index in [9.17, 15) is 9.90 Å². The Hall–Kier alpha value is -1.36. The van der Waals surface area contributed by atoms with E-state index in [0.717, 1.165) is 12.8 Å². The summed E-state index contributed by atoms with van der Waals surface area (Å²) in [6.07, 6.45) is 4.03. The van der Waals surface area contributed by atoms with Crippen molar-refractivity contribution in [2.24, 2.45) is 0 Å². The summed E-state index contributed by atoms with van der Waals surface area (Å²) in [5.74, 6) is -0.199. The number of aromatic hydroxyl groups is 1. The van der Waals surface area contributed by atoms with E-state index in [4.69, 9.17) is 5.73 Å². The third kappa shape index (κ3) is 3.80. The zero-order chi connectivity index (χ0) is 14.5. The fraction of sp³-hybridized carbons (Fsp3) is 0.500. The van der Waals surface area contributed by atoms with E-state index >= 15 is 0 Å². The Bertz CT molecular complexity index is 437. The largest absolute Gasteiger partial charge is 0.508 e. The average Bonchev–Trinajstić information content (AvgIpc) is 2.43. The summed E-state index contributed by atoms with van der Waals surface area (Å²) >= 11 is 1.77. The summed E-state index contributed by atoms with van der Waals surface area (Å²) in [7, 11) is 0. The normalized spacial score (nSPS) is 11.3. The van der Waals surface area contributed by atoms with Gasteiger partial charge in [-0.2, -0.15) is 11.8 Å². The second-order valence-electron chi connectivity index (χ2n) is 4.55. The third-order valence-corrected chi connectivity index (χ3v) is 5.16. The highest BCUT2D eigenvalue weighted by Crippen LogP contribution is 2.29. The molecule has 0 radical (unpaired) electrons. The maximum absolute atomic E-state index is 12.1. The minimum atomic E-state index is -0.242. The Balaban J connectivity index is 2.77. The monoisotopic (exact) mass is 282 g/mol. The topological polar surface area (TPSA) is 75.3 Å². The summed E-state index contributed by atoms with van der Waals surface area (Å²) in [5, 5.41) is 12.3. The standard InChI is InChI=1S/C14H22N2O2S/c1-4-14(5-2,19-3)9-16-13(18)11-8-10(17)6-7-12(11)15/h6-8,17H,4-5,9,15H2,1-3H3,(H,16,18). The van der Waals surface area contributed by atoms with E-state index in [1.807, 2.05) is 0 Å². The van der Waals surface area contributed by atoms with Crippen molar-refractivity contribution in [3.8, 4) is 5.75 Å². The first-order valence-corrected chi connectivity index (χ1v) is 7.62. The number of carbonyl (C=O) groups excluding carboxylic acids is 1. The second kappa shape index (κ2) is 6.70. The molecule has 106 valence electrons. The highest BCUT2D eigenvalue weighted by Gasteiger charge is 2.25. The van der Waals surface area contributed by atoms with Gasteiger partial charge in [-0.1, -0.05) is 13.8 Å². The molecule has 0 aliphatic carbocycles. The summed E-state index contributed by atoms with van der Waals surface area (Å²) in [6.45, 7) is 4.83. The molecule has 5 heteroatoms. The number of phenolic OH excluding ortho intramolecular Hbond substituents is 1. The van der Waals surface area contributed by atoms with Crippen LogP contribution in [0.1, 0.15) is 37.0 Å². The smallest absolute Gasteiger partial charge is 0.253 e. The van der Waals surface area contributed by atoms with Crippen LogP contribution in [0, 0.1) is 0 Å². The number of benzene rings is 1. The first-order valence-electron chi connectivity index (χ1n) is 6.40. The second-order valence-corrected chi connectivity index (χ2v) is 5.82. The molecule has 0 aliphatic rings. The fourth-order valence-corrected chi connectivity index (χ4v) is 2.73. The number of rotatable bonds is 6. The van der Waals surface area contributed by atoms with Crippen LogP contribution in [0.4, 0.5) is 5.69 Å². The number of phenols is 1. The van der Waals surface area contributed by atoms with Crippen LogP contribution < -0.4 is 11.1 Å². The average molecular weight is 282 g/mol. The lowest BCUT2D eigenvalue weighted by Gasteiger charge is -2.29. The molecule has 4 N–H and O–H groups in total. The van der Waals surface area contributed by atoms with Gasteiger partial charge in [0.1, 0.15) is 5.75 Å². The number of thioether (sulfide) groups is 1. The van der Waals surface area contributed by atoms with E-state index in [0.29, 0.717) is 17.8 Å². The Kier molecular flexibility index (Phi) is 5.54. The highest BCUT2D eigenvalue weighted by molar-refractivity contribution is 8.00. The van der Waals surface area contributed by atoms with Crippen molar-refractivity contribution in [2.75, 3.05) is 18.5 Å². The molecule has 1 amide bonds. The Morgan fingerprint density at radius 1 is 1.42 bits per heavy atom. The van der Waals surface area contributed by atoms with Gasteiger partial charge in [0.15, 0.2) is 0 Å². The van der Waals surface area contributed by atoms with Gasteiger partial charge in [-0.15, -0.1) is 0 Å². The number of anilines is 1. The number of carbonyl (C=O) groups is 1. The molecule has 0 aliphatic heterocycles. The molecule has 0 atom stereocenters. The summed E-state index contributed by atoms with van der Waals surface area (Å²) in [6, 6.07) is 4.39. The SMILES string of the molecule is CCC(CC)(CNC(=O)c1cc(O)ccc1N)SC. The van der Waals surface area contributed by atoms with Gasteiger partial charge in [0.25, 0.3) is 5.91 Å². The molecular formula is C14H22N2O2S. The van der Waals surface area contributed by atoms with Gasteiger partial charge in [-0.25, -0.2) is 0 Å². The third-order valence-electron chi connectivity index (χ3n) is 3.57. The number of hydrogen-bond donors (Lipinski definition) is 3. The van der Waals surface area contributed by atoms with Crippen LogP contribution in [0.15, 0.2) is 18.2 Å². The van der Waals surface area contributed by atoms with Gasteiger partial charge in [-0.05, 0) is 37.3 Å². The van der Waals surface area contributed by atoms with Gasteiger partial charge in [0.05, 0.1) is 5.56 Å². The minimum absolute atomic E-state index is 0.0430. The lowest BCUT2D eigenvalue weighted by Crippen LogP contribution is -2.39. The summed E-state index contributed by atoms with van der Waals surface area (Å²) in [4.78, 5) is 12.1. The van der Waals surface area contributed by atoms with Gasteiger partial charge in [0.2, 0.25) is 0 Å². The van der Waals surface area contributed by atoms with Crippen molar-refractivity contribution in [3.63, 3.8) is 0 Å². The van der Waals surface area contributed by atoms with E-state index < -0.39 is 0 Å². The fourth-order valence-electron chi connectivity index (χ4n) is 1.94. The van der Waals surface area contributed by atoms with Gasteiger partial charge >= 0.3 is 0 Å². The molecule has 4 nitrogen and oxygen atoms in total. The molecule has 19 heavy (non-hydrogen) atoms. The van der Waals surface area contributed by atoms with Crippen molar-refractivity contribution < 1.29 is 9.90 Å². The maximum Gasteiger partial charge on any atom is 0.253 e. The minimum Gasteiger partial charge on any atom is -0.508 e. The van der Waals surface area contributed by atoms with Crippen molar-refractivity contribution >= 4 is 23.4 Å². The molecule has 1 rings (SSSR count). The van der Waals surface area contributed by atoms with Crippen molar-refractivity contribution in [1.29, 1.82) is 0 Å². The van der Waals surface area contributed by atoms with Crippen LogP contribution in [0.2, 0.25) is 0 Å². The quantitative estimate of drug-likeness (QED) is 0.554. The molecule has 0 saturated carbocycles. The summed E-state index contributed by atoms with van der Waals surface area (Å²) < 4.78 is 0.0568. The van der Waals surface area contributed by atoms with Crippen LogP contribution in [-0.2, 0) is 0 Å². The van der Waals surface area contributed by atoms with E-state index in [2.05, 4.69) is 25.4 Å². The molecule has 0 saturated heterocycles.